The number of ether oxygens (including phenoxy) is 1. The molecular weight excluding hydrogens is 379 g/mol. The monoisotopic (exact) mass is 400 g/mol. The highest BCUT2D eigenvalue weighted by Gasteiger charge is 2.48. The molecule has 1 fully saturated rings. The number of methoxy groups -OCH3 is 1. The van der Waals surface area contributed by atoms with Crippen molar-refractivity contribution in [3.8, 4) is 5.75 Å². The van der Waals surface area contributed by atoms with Crippen molar-refractivity contribution in [2.75, 3.05) is 18.2 Å². The van der Waals surface area contributed by atoms with Gasteiger partial charge in [-0.15, -0.1) is 0 Å². The maximum atomic E-state index is 14.8. The number of nitrogens with two attached hydrogens (primary N) is 1. The lowest BCUT2D eigenvalue weighted by molar-refractivity contribution is 0.102. The van der Waals surface area contributed by atoms with Gasteiger partial charge in [0.2, 0.25) is 0 Å². The number of hydrogen-bond acceptors (Lipinski definition) is 6. The van der Waals surface area contributed by atoms with E-state index in [-0.39, 0.29) is 23.3 Å². The van der Waals surface area contributed by atoms with Gasteiger partial charge in [0.1, 0.15) is 17.3 Å². The van der Waals surface area contributed by atoms with E-state index in [2.05, 4.69) is 15.3 Å². The van der Waals surface area contributed by atoms with Crippen molar-refractivity contribution in [1.82, 2.24) is 4.98 Å². The summed E-state index contributed by atoms with van der Waals surface area (Å²) in [6.45, 7) is 0. The largest absolute Gasteiger partial charge is 0.495 e. The van der Waals surface area contributed by atoms with Gasteiger partial charge < -0.3 is 15.8 Å². The fourth-order valence-electron chi connectivity index (χ4n) is 4.02. The molecule has 1 saturated carbocycles. The summed E-state index contributed by atoms with van der Waals surface area (Å²) in [5, 5.41) is 3.29. The Hall–Kier alpha value is -2.61. The average Bonchev–Trinajstić information content (AvgIpc) is 3.13. The zero-order valence-corrected chi connectivity index (χ0v) is 16.3. The van der Waals surface area contributed by atoms with Gasteiger partial charge in [-0.3, -0.25) is 9.79 Å². The summed E-state index contributed by atoms with van der Waals surface area (Å²) in [5.41, 5.74) is 6.60. The number of amidine groups is 1. The number of rotatable bonds is 4. The van der Waals surface area contributed by atoms with Crippen molar-refractivity contribution in [2.24, 2.45) is 16.6 Å². The molecule has 2 unspecified atom stereocenters. The van der Waals surface area contributed by atoms with Gasteiger partial charge in [0, 0.05) is 17.0 Å². The van der Waals surface area contributed by atoms with Crippen molar-refractivity contribution in [3.05, 3.63) is 53.6 Å². The van der Waals surface area contributed by atoms with E-state index in [4.69, 9.17) is 10.5 Å². The number of thioether (sulfide) groups is 1. The van der Waals surface area contributed by atoms with Crippen molar-refractivity contribution < 1.29 is 13.9 Å². The Kier molecular flexibility index (Phi) is 4.97. The number of hydrogen-bond donors (Lipinski definition) is 2. The normalized spacial score (nSPS) is 23.6. The third kappa shape index (κ3) is 3.32. The second kappa shape index (κ2) is 7.43. The summed E-state index contributed by atoms with van der Waals surface area (Å²) in [4.78, 5) is 21.3. The minimum absolute atomic E-state index is 0.244. The molecule has 0 bridgehead atoms. The number of fused-ring (bicyclic) bond motifs is 1. The number of anilines is 1. The van der Waals surface area contributed by atoms with Crippen LogP contribution in [-0.4, -0.2) is 28.9 Å². The second-order valence-corrected chi connectivity index (χ2v) is 8.05. The maximum absolute atomic E-state index is 14.8. The lowest BCUT2D eigenvalue weighted by atomic mass is 9.81. The molecule has 3 N–H and O–H groups in total. The summed E-state index contributed by atoms with van der Waals surface area (Å²) in [5.74, 6) is 0.950. The van der Waals surface area contributed by atoms with Gasteiger partial charge in [-0.05, 0) is 49.1 Å². The van der Waals surface area contributed by atoms with Crippen LogP contribution in [0.15, 0.2) is 41.5 Å². The fourth-order valence-corrected chi connectivity index (χ4v) is 5.07. The van der Waals surface area contributed by atoms with E-state index in [0.717, 1.165) is 25.0 Å². The van der Waals surface area contributed by atoms with Crippen molar-refractivity contribution >= 4 is 28.5 Å². The van der Waals surface area contributed by atoms with E-state index in [0.29, 0.717) is 22.2 Å². The van der Waals surface area contributed by atoms with E-state index in [1.807, 2.05) is 0 Å². The Balaban J connectivity index is 1.64. The number of benzene rings is 1. The van der Waals surface area contributed by atoms with Crippen LogP contribution in [0.1, 0.15) is 35.3 Å². The summed E-state index contributed by atoms with van der Waals surface area (Å²) in [6, 6.07) is 7.85. The van der Waals surface area contributed by atoms with Crippen LogP contribution < -0.4 is 15.8 Å². The van der Waals surface area contributed by atoms with Gasteiger partial charge in [-0.2, -0.15) is 0 Å². The molecule has 1 aromatic heterocycles. The van der Waals surface area contributed by atoms with Gasteiger partial charge in [0.25, 0.3) is 5.91 Å². The van der Waals surface area contributed by atoms with Gasteiger partial charge in [0.15, 0.2) is 5.17 Å². The standard InChI is InChI=1S/C20H21FN4O2S/c1-27-14-5-7-17(23-10-14)18(26)24-13-4-6-16(21)15(9-13)20-8-2-3-12(20)11-28-19(22)25-20/h4-7,9-10,12H,2-3,8,11H2,1H3,(H2,22,25)(H,24,26). The number of pyridine rings is 1. The topological polar surface area (TPSA) is 89.6 Å². The highest BCUT2D eigenvalue weighted by molar-refractivity contribution is 8.13. The summed E-state index contributed by atoms with van der Waals surface area (Å²) in [7, 11) is 1.53. The van der Waals surface area contributed by atoms with Crippen LogP contribution in [0.4, 0.5) is 10.1 Å². The quantitative estimate of drug-likeness (QED) is 0.819. The van der Waals surface area contributed by atoms with Crippen LogP contribution in [0.3, 0.4) is 0 Å². The molecule has 1 aromatic carbocycles. The van der Waals surface area contributed by atoms with Crippen LogP contribution in [0.5, 0.6) is 5.75 Å². The maximum Gasteiger partial charge on any atom is 0.274 e. The lowest BCUT2D eigenvalue weighted by Crippen LogP contribution is -2.37. The number of aromatic nitrogens is 1. The molecule has 2 aromatic rings. The first kappa shape index (κ1) is 18.7. The van der Waals surface area contributed by atoms with E-state index in [9.17, 15) is 9.18 Å². The second-order valence-electron chi connectivity index (χ2n) is 7.01. The van der Waals surface area contributed by atoms with Crippen LogP contribution >= 0.6 is 11.8 Å². The molecule has 4 rings (SSSR count). The minimum Gasteiger partial charge on any atom is -0.495 e. The molecule has 0 radical (unpaired) electrons. The summed E-state index contributed by atoms with van der Waals surface area (Å²) >= 11 is 1.53. The lowest BCUT2D eigenvalue weighted by Gasteiger charge is -2.36. The SMILES string of the molecule is COc1ccc(C(=O)Nc2ccc(F)c(C34CCCC3CSC(N)=N4)c2)nc1. The number of halogens is 1. The molecule has 8 heteroatoms. The Bertz CT molecular complexity index is 934. The van der Waals surface area contributed by atoms with Crippen LogP contribution in [0, 0.1) is 11.7 Å². The first-order valence-electron chi connectivity index (χ1n) is 9.11. The van der Waals surface area contributed by atoms with E-state index < -0.39 is 5.54 Å². The third-order valence-corrected chi connectivity index (χ3v) is 6.38. The molecular formula is C20H21FN4O2S. The van der Waals surface area contributed by atoms with Crippen LogP contribution in [0.2, 0.25) is 0 Å². The molecule has 28 heavy (non-hydrogen) atoms. The molecule has 0 spiro atoms. The predicted octanol–water partition coefficient (Wildman–Crippen LogP) is 3.54. The van der Waals surface area contributed by atoms with E-state index in [1.54, 1.807) is 24.3 Å². The predicted molar refractivity (Wildman–Crippen MR) is 108 cm³/mol. The zero-order valence-electron chi connectivity index (χ0n) is 15.4. The summed E-state index contributed by atoms with van der Waals surface area (Å²) in [6.07, 6.45) is 4.21. The smallest absolute Gasteiger partial charge is 0.274 e. The van der Waals surface area contributed by atoms with Crippen molar-refractivity contribution in [1.29, 1.82) is 0 Å². The molecule has 1 aliphatic carbocycles. The number of amides is 1. The number of aliphatic imine (C=N–C) groups is 1. The highest BCUT2D eigenvalue weighted by Crippen LogP contribution is 2.51. The van der Waals surface area contributed by atoms with Gasteiger partial charge in [-0.25, -0.2) is 9.37 Å². The fraction of sp³-hybridized carbons (Fsp3) is 0.350. The minimum atomic E-state index is -0.640. The molecule has 0 saturated heterocycles. The van der Waals surface area contributed by atoms with Crippen LogP contribution in [0.25, 0.3) is 0 Å². The summed E-state index contributed by atoms with van der Waals surface area (Å²) < 4.78 is 19.9. The number of nitrogens with zero attached hydrogens (tertiary/aromatic N) is 2. The Morgan fingerprint density at radius 3 is 3.00 bits per heavy atom. The van der Waals surface area contributed by atoms with E-state index >= 15 is 0 Å². The Labute approximate surface area is 166 Å². The Morgan fingerprint density at radius 1 is 1.39 bits per heavy atom. The third-order valence-electron chi connectivity index (χ3n) is 5.42. The Morgan fingerprint density at radius 2 is 2.25 bits per heavy atom. The van der Waals surface area contributed by atoms with Crippen molar-refractivity contribution in [2.45, 2.75) is 24.8 Å². The molecule has 1 aliphatic heterocycles. The number of nitrogens with one attached hydrogen (secondary N) is 1. The zero-order chi connectivity index (χ0) is 19.7. The van der Waals surface area contributed by atoms with Crippen LogP contribution in [-0.2, 0) is 5.54 Å². The molecule has 6 nitrogen and oxygen atoms in total. The van der Waals surface area contributed by atoms with Gasteiger partial charge >= 0.3 is 0 Å². The first-order chi connectivity index (χ1) is 13.5. The molecule has 2 heterocycles. The highest BCUT2D eigenvalue weighted by atomic mass is 32.2. The molecule has 2 aliphatic rings. The number of carbonyl (C=O) groups is 1. The molecule has 2 atom stereocenters. The van der Waals surface area contributed by atoms with Gasteiger partial charge in [-0.1, -0.05) is 18.2 Å². The number of carbonyl (C=O) groups excluding carboxylic acids is 1. The van der Waals surface area contributed by atoms with E-state index in [1.165, 1.54) is 31.1 Å². The van der Waals surface area contributed by atoms with Gasteiger partial charge in [0.05, 0.1) is 18.8 Å². The average molecular weight is 400 g/mol. The first-order valence-corrected chi connectivity index (χ1v) is 10.1. The molecule has 1 amide bonds. The van der Waals surface area contributed by atoms with Crippen molar-refractivity contribution in [3.63, 3.8) is 0 Å². The molecule has 146 valence electrons.